The molecule has 0 aromatic heterocycles. The molecule has 0 spiro atoms. The first-order valence-electron chi connectivity index (χ1n) is 11.2. The molecule has 0 unspecified atom stereocenters. The van der Waals surface area contributed by atoms with Crippen LogP contribution in [-0.4, -0.2) is 33.1 Å². The number of nitrogens with one attached hydrogen (secondary N) is 1. The van der Waals surface area contributed by atoms with Gasteiger partial charge >= 0.3 is 0 Å². The summed E-state index contributed by atoms with van der Waals surface area (Å²) in [5, 5.41) is 3.35. The van der Waals surface area contributed by atoms with Gasteiger partial charge in [0.2, 0.25) is 5.91 Å². The summed E-state index contributed by atoms with van der Waals surface area (Å²) in [7, 11) is 0. The minimum Gasteiger partial charge on any atom is -0.349 e. The highest BCUT2D eigenvalue weighted by Gasteiger charge is 2.51. The van der Waals surface area contributed by atoms with E-state index >= 15 is 0 Å². The van der Waals surface area contributed by atoms with Crippen LogP contribution in [0.5, 0.6) is 0 Å². The van der Waals surface area contributed by atoms with E-state index in [0.717, 1.165) is 48.2 Å². The van der Waals surface area contributed by atoms with E-state index < -0.39 is 0 Å². The molecule has 6 heteroatoms. The van der Waals surface area contributed by atoms with Crippen molar-refractivity contribution in [3.05, 3.63) is 52.4 Å². The van der Waals surface area contributed by atoms with Gasteiger partial charge in [-0.2, -0.15) is 0 Å². The maximum absolute atomic E-state index is 12.9. The summed E-state index contributed by atoms with van der Waals surface area (Å²) in [5.74, 6) is 2.06. The first kappa shape index (κ1) is 21.0. The fraction of sp³-hybridized carbons (Fsp3) is 0.480. The van der Waals surface area contributed by atoms with Crippen LogP contribution in [-0.2, 0) is 9.59 Å². The molecule has 0 atom stereocenters. The van der Waals surface area contributed by atoms with Crippen molar-refractivity contribution >= 4 is 46.2 Å². The molecular weight excluding hydrogens is 424 g/mol. The summed E-state index contributed by atoms with van der Waals surface area (Å²) in [5.41, 5.74) is 2.02. The third-order valence-electron chi connectivity index (χ3n) is 7.17. The lowest BCUT2D eigenvalue weighted by atomic mass is 9.53. The first-order chi connectivity index (χ1) is 14.9. The van der Waals surface area contributed by atoms with Gasteiger partial charge in [-0.05, 0) is 80.4 Å². The van der Waals surface area contributed by atoms with Gasteiger partial charge in [0.1, 0.15) is 10.9 Å². The van der Waals surface area contributed by atoms with E-state index in [9.17, 15) is 9.59 Å². The van der Waals surface area contributed by atoms with Crippen molar-refractivity contribution in [2.75, 3.05) is 6.54 Å². The summed E-state index contributed by atoms with van der Waals surface area (Å²) in [6.45, 7) is 1.99. The van der Waals surface area contributed by atoms with Crippen LogP contribution in [0.4, 0.5) is 0 Å². The summed E-state index contributed by atoms with van der Waals surface area (Å²) in [6, 6.07) is 10.0. The standard InChI is InChI=1S/C25H28N2O2S2/c1-16(7-17-5-3-2-4-6-17)8-21-23(29)27(24(30)31-21)15-22(28)26-25-12-18-9-19(13-25)11-20(10-18)14-25/h2-8,18-20H,9-15H2,1H3,(H,26,28). The molecule has 2 amide bonds. The van der Waals surface area contributed by atoms with Gasteiger partial charge in [-0.3, -0.25) is 14.5 Å². The van der Waals surface area contributed by atoms with Gasteiger partial charge in [-0.25, -0.2) is 0 Å². The number of carbonyl (C=O) groups is 2. The number of thiocarbonyl (C=S) groups is 1. The van der Waals surface area contributed by atoms with E-state index in [1.54, 1.807) is 0 Å². The Labute approximate surface area is 193 Å². The Kier molecular flexibility index (Phi) is 5.55. The second kappa shape index (κ2) is 8.21. The van der Waals surface area contributed by atoms with E-state index in [4.69, 9.17) is 12.2 Å². The van der Waals surface area contributed by atoms with Crippen LogP contribution in [0.25, 0.3) is 6.08 Å². The molecular formula is C25H28N2O2S2. The van der Waals surface area contributed by atoms with Gasteiger partial charge in [-0.15, -0.1) is 0 Å². The lowest BCUT2D eigenvalue weighted by Gasteiger charge is -2.57. The van der Waals surface area contributed by atoms with Crippen LogP contribution in [0.15, 0.2) is 46.9 Å². The number of hydrogen-bond acceptors (Lipinski definition) is 4. The smallest absolute Gasteiger partial charge is 0.266 e. The maximum atomic E-state index is 12.9. The van der Waals surface area contributed by atoms with Crippen LogP contribution in [0, 0.1) is 17.8 Å². The highest BCUT2D eigenvalue weighted by atomic mass is 32.2. The molecule has 0 radical (unpaired) electrons. The van der Waals surface area contributed by atoms with Crippen molar-refractivity contribution in [1.82, 2.24) is 10.2 Å². The van der Waals surface area contributed by atoms with Crippen molar-refractivity contribution in [3.63, 3.8) is 0 Å². The van der Waals surface area contributed by atoms with E-state index in [1.165, 1.54) is 35.9 Å². The third-order valence-corrected chi connectivity index (χ3v) is 8.55. The SMILES string of the molecule is CC(=Cc1ccccc1)C=C1SC(=S)N(CC(=O)NC23CC4CC(CC(C4)C2)C3)C1=O. The zero-order chi connectivity index (χ0) is 21.6. The fourth-order valence-electron chi connectivity index (χ4n) is 6.44. The largest absolute Gasteiger partial charge is 0.349 e. The number of carbonyl (C=O) groups excluding carboxylic acids is 2. The average molecular weight is 453 g/mol. The Morgan fingerprint density at radius 3 is 2.39 bits per heavy atom. The molecule has 4 aliphatic carbocycles. The average Bonchev–Trinajstić information content (AvgIpc) is 2.94. The second-order valence-electron chi connectivity index (χ2n) is 9.81. The van der Waals surface area contributed by atoms with Crippen molar-refractivity contribution in [1.29, 1.82) is 0 Å². The molecule has 162 valence electrons. The Morgan fingerprint density at radius 2 is 1.77 bits per heavy atom. The molecule has 1 aromatic carbocycles. The van der Waals surface area contributed by atoms with Gasteiger partial charge in [0.15, 0.2) is 0 Å². The zero-order valence-corrected chi connectivity index (χ0v) is 19.4. The number of nitrogens with zero attached hydrogens (tertiary/aromatic N) is 1. The number of benzene rings is 1. The molecule has 4 bridgehead atoms. The quantitative estimate of drug-likeness (QED) is 0.509. The van der Waals surface area contributed by atoms with Crippen LogP contribution < -0.4 is 5.32 Å². The minimum absolute atomic E-state index is 0.0191. The van der Waals surface area contributed by atoms with E-state index in [-0.39, 0.29) is 23.9 Å². The number of rotatable bonds is 5. The third kappa shape index (κ3) is 4.37. The Bertz CT molecular complexity index is 947. The van der Waals surface area contributed by atoms with Gasteiger partial charge in [-0.1, -0.05) is 60.4 Å². The van der Waals surface area contributed by atoms with Gasteiger partial charge in [0.25, 0.3) is 5.91 Å². The van der Waals surface area contributed by atoms with Gasteiger partial charge in [0.05, 0.1) is 4.91 Å². The second-order valence-corrected chi connectivity index (χ2v) is 11.5. The normalized spacial score (nSPS) is 33.5. The highest BCUT2D eigenvalue weighted by Crippen LogP contribution is 2.55. The van der Waals surface area contributed by atoms with Crippen LogP contribution in [0.1, 0.15) is 51.0 Å². The monoisotopic (exact) mass is 452 g/mol. The topological polar surface area (TPSA) is 49.4 Å². The van der Waals surface area contributed by atoms with Crippen LogP contribution >= 0.6 is 24.0 Å². The Morgan fingerprint density at radius 1 is 1.16 bits per heavy atom. The van der Waals surface area contributed by atoms with Crippen molar-refractivity contribution in [2.45, 2.75) is 51.0 Å². The summed E-state index contributed by atoms with van der Waals surface area (Å²) in [6.07, 6.45) is 11.2. The minimum atomic E-state index is -0.170. The van der Waals surface area contributed by atoms with Gasteiger partial charge in [0, 0.05) is 5.54 Å². The molecule has 4 saturated carbocycles. The molecule has 6 rings (SSSR count). The van der Waals surface area contributed by atoms with Gasteiger partial charge < -0.3 is 5.32 Å². The van der Waals surface area contributed by atoms with E-state index in [0.29, 0.717) is 9.23 Å². The lowest BCUT2D eigenvalue weighted by molar-refractivity contribution is -0.132. The first-order valence-corrected chi connectivity index (χ1v) is 12.4. The molecule has 1 saturated heterocycles. The van der Waals surface area contributed by atoms with E-state index in [1.807, 2.05) is 49.4 Å². The molecule has 31 heavy (non-hydrogen) atoms. The molecule has 1 N–H and O–H groups in total. The highest BCUT2D eigenvalue weighted by molar-refractivity contribution is 8.26. The molecule has 1 aliphatic heterocycles. The van der Waals surface area contributed by atoms with E-state index in [2.05, 4.69) is 5.32 Å². The van der Waals surface area contributed by atoms with Crippen LogP contribution in [0.2, 0.25) is 0 Å². The van der Waals surface area contributed by atoms with Crippen molar-refractivity contribution in [2.24, 2.45) is 17.8 Å². The van der Waals surface area contributed by atoms with Crippen LogP contribution in [0.3, 0.4) is 0 Å². The fourth-order valence-corrected chi connectivity index (χ4v) is 7.74. The predicted octanol–water partition coefficient (Wildman–Crippen LogP) is 4.92. The zero-order valence-electron chi connectivity index (χ0n) is 17.8. The molecule has 5 aliphatic rings. The summed E-state index contributed by atoms with van der Waals surface area (Å²) >= 11 is 6.72. The molecule has 5 fully saturated rings. The molecule has 1 aromatic rings. The summed E-state index contributed by atoms with van der Waals surface area (Å²) < 4.78 is 0.462. The van der Waals surface area contributed by atoms with Crippen molar-refractivity contribution < 1.29 is 9.59 Å². The summed E-state index contributed by atoms with van der Waals surface area (Å²) in [4.78, 5) is 27.9. The van der Waals surface area contributed by atoms with Crippen molar-refractivity contribution in [3.8, 4) is 0 Å². The molecule has 4 nitrogen and oxygen atoms in total. The number of hydrogen-bond donors (Lipinski definition) is 1. The number of amides is 2. The Hall–Kier alpha value is -1.92. The maximum Gasteiger partial charge on any atom is 0.266 e. The number of thioether (sulfide) groups is 1. The lowest BCUT2D eigenvalue weighted by Crippen LogP contribution is -2.61. The number of allylic oxidation sites excluding steroid dienone is 2. The molecule has 1 heterocycles. The predicted molar refractivity (Wildman–Crippen MR) is 129 cm³/mol. The Balaban J connectivity index is 1.24.